The molecule has 1 aromatic rings. The topological polar surface area (TPSA) is 47.1 Å². The monoisotopic (exact) mass is 236 g/mol. The average Bonchev–Trinajstić information content (AvgIpc) is 2.57. The van der Waals surface area contributed by atoms with E-state index in [1.807, 2.05) is 11.7 Å². The lowest BCUT2D eigenvalue weighted by atomic mass is 9.96. The van der Waals surface area contributed by atoms with Gasteiger partial charge in [-0.15, -0.1) is 0 Å². The van der Waals surface area contributed by atoms with Gasteiger partial charge in [-0.3, -0.25) is 9.58 Å². The fraction of sp³-hybridized carbons (Fsp3) is 0.769. The highest BCUT2D eigenvalue weighted by molar-refractivity contribution is 5.24. The zero-order valence-corrected chi connectivity index (χ0v) is 11.2. The Balaban J connectivity index is 1.98. The molecule has 0 bridgehead atoms. The van der Waals surface area contributed by atoms with Crippen molar-refractivity contribution < 1.29 is 0 Å². The van der Waals surface area contributed by atoms with E-state index < -0.39 is 0 Å². The van der Waals surface area contributed by atoms with Crippen LogP contribution < -0.4 is 5.73 Å². The highest BCUT2D eigenvalue weighted by Gasteiger charge is 2.20. The maximum Gasteiger partial charge on any atom is 0.0641 e. The summed E-state index contributed by atoms with van der Waals surface area (Å²) >= 11 is 0. The van der Waals surface area contributed by atoms with Crippen LogP contribution in [0, 0.1) is 19.8 Å². The maximum atomic E-state index is 5.72. The predicted octanol–water partition coefficient (Wildman–Crippen LogP) is 1.21. The summed E-state index contributed by atoms with van der Waals surface area (Å²) in [6, 6.07) is 0. The van der Waals surface area contributed by atoms with Gasteiger partial charge in [0.15, 0.2) is 0 Å². The highest BCUT2D eigenvalue weighted by Crippen LogP contribution is 2.20. The summed E-state index contributed by atoms with van der Waals surface area (Å²) in [7, 11) is 2.02. The van der Waals surface area contributed by atoms with E-state index in [9.17, 15) is 0 Å². The molecule has 1 aliphatic rings. The summed E-state index contributed by atoms with van der Waals surface area (Å²) in [6.45, 7) is 8.50. The van der Waals surface area contributed by atoms with Gasteiger partial charge in [0, 0.05) is 24.8 Å². The number of piperidine rings is 1. The Kier molecular flexibility index (Phi) is 3.84. The van der Waals surface area contributed by atoms with Crippen LogP contribution in [0.25, 0.3) is 0 Å². The number of nitrogens with two attached hydrogens (primary N) is 1. The van der Waals surface area contributed by atoms with Gasteiger partial charge in [0.1, 0.15) is 0 Å². The van der Waals surface area contributed by atoms with Gasteiger partial charge in [-0.2, -0.15) is 5.10 Å². The van der Waals surface area contributed by atoms with Crippen molar-refractivity contribution in [2.24, 2.45) is 18.7 Å². The Hall–Kier alpha value is -0.870. The molecule has 17 heavy (non-hydrogen) atoms. The van der Waals surface area contributed by atoms with Crippen LogP contribution in [0.4, 0.5) is 0 Å². The van der Waals surface area contributed by atoms with Crippen molar-refractivity contribution >= 4 is 0 Å². The van der Waals surface area contributed by atoms with Gasteiger partial charge in [0.05, 0.1) is 5.69 Å². The molecule has 0 spiro atoms. The van der Waals surface area contributed by atoms with Crippen LogP contribution in [-0.4, -0.2) is 34.3 Å². The lowest BCUT2D eigenvalue weighted by molar-refractivity contribution is 0.180. The molecule has 1 fully saturated rings. The van der Waals surface area contributed by atoms with Crippen LogP contribution >= 0.6 is 0 Å². The zero-order valence-electron chi connectivity index (χ0n) is 11.2. The standard InChI is InChI=1S/C13H24N4/c1-10-13(11(2)16(3)15-10)9-17-6-4-12(8-14)5-7-17/h12H,4-9,14H2,1-3H3. The van der Waals surface area contributed by atoms with Crippen LogP contribution in [-0.2, 0) is 13.6 Å². The molecule has 0 amide bonds. The molecule has 2 heterocycles. The number of hydrogen-bond acceptors (Lipinski definition) is 3. The van der Waals surface area contributed by atoms with E-state index in [1.165, 1.54) is 42.9 Å². The SMILES string of the molecule is Cc1nn(C)c(C)c1CN1CCC(CN)CC1. The summed E-state index contributed by atoms with van der Waals surface area (Å²) < 4.78 is 1.98. The fourth-order valence-corrected chi connectivity index (χ4v) is 2.65. The number of aromatic nitrogens is 2. The molecule has 4 heteroatoms. The smallest absolute Gasteiger partial charge is 0.0641 e. The van der Waals surface area contributed by atoms with E-state index in [0.717, 1.165) is 19.0 Å². The van der Waals surface area contributed by atoms with Crippen molar-refractivity contribution in [3.63, 3.8) is 0 Å². The Morgan fingerprint density at radius 2 is 1.94 bits per heavy atom. The predicted molar refractivity (Wildman–Crippen MR) is 69.7 cm³/mol. The molecule has 0 unspecified atom stereocenters. The molecule has 1 aromatic heterocycles. The maximum absolute atomic E-state index is 5.72. The van der Waals surface area contributed by atoms with E-state index in [-0.39, 0.29) is 0 Å². The first-order chi connectivity index (χ1) is 8.11. The molecule has 2 rings (SSSR count). The van der Waals surface area contributed by atoms with Gasteiger partial charge in [-0.1, -0.05) is 0 Å². The first kappa shape index (κ1) is 12.6. The van der Waals surface area contributed by atoms with Crippen molar-refractivity contribution in [1.82, 2.24) is 14.7 Å². The molecular formula is C13H24N4. The van der Waals surface area contributed by atoms with E-state index in [1.54, 1.807) is 0 Å². The van der Waals surface area contributed by atoms with Gasteiger partial charge in [-0.05, 0) is 52.2 Å². The first-order valence-corrected chi connectivity index (χ1v) is 6.53. The quantitative estimate of drug-likeness (QED) is 0.858. The van der Waals surface area contributed by atoms with Crippen LogP contribution in [0.2, 0.25) is 0 Å². The molecular weight excluding hydrogens is 212 g/mol. The molecule has 0 atom stereocenters. The zero-order chi connectivity index (χ0) is 12.4. The van der Waals surface area contributed by atoms with Crippen molar-refractivity contribution in [3.05, 3.63) is 17.0 Å². The van der Waals surface area contributed by atoms with E-state index in [0.29, 0.717) is 0 Å². The second kappa shape index (κ2) is 5.19. The van der Waals surface area contributed by atoms with Crippen molar-refractivity contribution in [1.29, 1.82) is 0 Å². The van der Waals surface area contributed by atoms with E-state index >= 15 is 0 Å². The van der Waals surface area contributed by atoms with Crippen LogP contribution in [0.5, 0.6) is 0 Å². The second-order valence-corrected chi connectivity index (χ2v) is 5.23. The lowest BCUT2D eigenvalue weighted by Crippen LogP contribution is -2.35. The van der Waals surface area contributed by atoms with Gasteiger partial charge in [0.25, 0.3) is 0 Å². The molecule has 4 nitrogen and oxygen atoms in total. The molecule has 0 aliphatic carbocycles. The molecule has 0 aromatic carbocycles. The van der Waals surface area contributed by atoms with E-state index in [4.69, 9.17) is 5.73 Å². The number of rotatable bonds is 3. The van der Waals surface area contributed by atoms with Crippen LogP contribution in [0.3, 0.4) is 0 Å². The number of nitrogens with zero attached hydrogens (tertiary/aromatic N) is 3. The normalized spacial score (nSPS) is 18.8. The van der Waals surface area contributed by atoms with Gasteiger partial charge >= 0.3 is 0 Å². The Bertz CT molecular complexity index is 375. The Morgan fingerprint density at radius 3 is 2.41 bits per heavy atom. The minimum absolute atomic E-state index is 0.738. The Morgan fingerprint density at radius 1 is 1.29 bits per heavy atom. The molecule has 0 radical (unpaired) electrons. The molecule has 1 aliphatic heterocycles. The van der Waals surface area contributed by atoms with Crippen molar-refractivity contribution in [2.75, 3.05) is 19.6 Å². The number of likely N-dealkylation sites (tertiary alicyclic amines) is 1. The van der Waals surface area contributed by atoms with Gasteiger partial charge < -0.3 is 5.73 Å². The van der Waals surface area contributed by atoms with Crippen molar-refractivity contribution in [2.45, 2.75) is 33.2 Å². The minimum Gasteiger partial charge on any atom is -0.330 e. The third-order valence-electron chi connectivity index (χ3n) is 4.08. The molecule has 96 valence electrons. The lowest BCUT2D eigenvalue weighted by Gasteiger charge is -2.31. The molecule has 0 saturated carbocycles. The molecule has 1 saturated heterocycles. The summed E-state index contributed by atoms with van der Waals surface area (Å²) in [5, 5.41) is 4.48. The summed E-state index contributed by atoms with van der Waals surface area (Å²) in [5.41, 5.74) is 9.59. The van der Waals surface area contributed by atoms with Crippen LogP contribution in [0.15, 0.2) is 0 Å². The number of hydrogen-bond donors (Lipinski definition) is 1. The largest absolute Gasteiger partial charge is 0.330 e. The van der Waals surface area contributed by atoms with Gasteiger partial charge in [-0.25, -0.2) is 0 Å². The number of aryl methyl sites for hydroxylation is 2. The summed E-state index contributed by atoms with van der Waals surface area (Å²) in [6.07, 6.45) is 2.49. The second-order valence-electron chi connectivity index (χ2n) is 5.23. The third-order valence-corrected chi connectivity index (χ3v) is 4.08. The Labute approximate surface area is 104 Å². The fourth-order valence-electron chi connectivity index (χ4n) is 2.65. The van der Waals surface area contributed by atoms with E-state index in [2.05, 4.69) is 23.8 Å². The highest BCUT2D eigenvalue weighted by atomic mass is 15.3. The van der Waals surface area contributed by atoms with Gasteiger partial charge in [0.2, 0.25) is 0 Å². The summed E-state index contributed by atoms with van der Waals surface area (Å²) in [4.78, 5) is 2.53. The third kappa shape index (κ3) is 2.69. The first-order valence-electron chi connectivity index (χ1n) is 6.53. The summed E-state index contributed by atoms with van der Waals surface area (Å²) in [5.74, 6) is 0.738. The minimum atomic E-state index is 0.738. The van der Waals surface area contributed by atoms with Crippen molar-refractivity contribution in [3.8, 4) is 0 Å². The van der Waals surface area contributed by atoms with Crippen LogP contribution in [0.1, 0.15) is 29.8 Å². The molecule has 2 N–H and O–H groups in total. The average molecular weight is 236 g/mol.